The molecule has 0 bridgehead atoms. The monoisotopic (exact) mass is 328 g/mol. The molecule has 0 spiro atoms. The molecule has 1 aliphatic heterocycles. The summed E-state index contributed by atoms with van der Waals surface area (Å²) in [5.74, 6) is 2.11. The van der Waals surface area contributed by atoms with E-state index in [2.05, 4.69) is 15.1 Å². The van der Waals surface area contributed by atoms with Crippen molar-refractivity contribution >= 4 is 5.91 Å². The molecule has 2 fully saturated rings. The van der Waals surface area contributed by atoms with Gasteiger partial charge in [-0.1, -0.05) is 11.2 Å². The maximum absolute atomic E-state index is 12.2. The zero-order valence-electron chi connectivity index (χ0n) is 13.4. The van der Waals surface area contributed by atoms with Gasteiger partial charge in [0.2, 0.25) is 5.89 Å². The van der Waals surface area contributed by atoms with Crippen molar-refractivity contribution < 1.29 is 14.1 Å². The van der Waals surface area contributed by atoms with E-state index in [-0.39, 0.29) is 11.8 Å². The number of nitrogens with zero attached hydrogens (tertiary/aromatic N) is 4. The smallest absolute Gasteiger partial charge is 0.272 e. The molecule has 7 heteroatoms. The van der Waals surface area contributed by atoms with Crippen LogP contribution in [0.5, 0.6) is 0 Å². The highest BCUT2D eigenvalue weighted by molar-refractivity contribution is 5.92. The van der Waals surface area contributed by atoms with E-state index in [0.717, 1.165) is 12.5 Å². The number of pyridine rings is 1. The van der Waals surface area contributed by atoms with E-state index in [1.165, 1.54) is 12.8 Å². The molecule has 0 N–H and O–H groups in total. The number of carbonyl (C=O) groups excluding carboxylic acids is 1. The molecule has 24 heavy (non-hydrogen) atoms. The molecule has 3 heterocycles. The van der Waals surface area contributed by atoms with Crippen LogP contribution in [0.2, 0.25) is 0 Å². The van der Waals surface area contributed by atoms with Gasteiger partial charge < -0.3 is 14.2 Å². The van der Waals surface area contributed by atoms with Crippen molar-refractivity contribution in [1.82, 2.24) is 20.0 Å². The van der Waals surface area contributed by atoms with Crippen LogP contribution in [0.25, 0.3) is 0 Å². The summed E-state index contributed by atoms with van der Waals surface area (Å²) in [6.45, 7) is 2.66. The number of hydrogen-bond acceptors (Lipinski definition) is 6. The second kappa shape index (κ2) is 6.68. The van der Waals surface area contributed by atoms with Gasteiger partial charge in [0.1, 0.15) is 5.69 Å². The molecule has 7 nitrogen and oxygen atoms in total. The Morgan fingerprint density at radius 2 is 2.21 bits per heavy atom. The molecular formula is C17H20N4O3. The van der Waals surface area contributed by atoms with Crippen LogP contribution in [0, 0.1) is 5.92 Å². The van der Waals surface area contributed by atoms with E-state index in [4.69, 9.17) is 9.26 Å². The molecule has 126 valence electrons. The minimum atomic E-state index is -0.0555. The summed E-state index contributed by atoms with van der Waals surface area (Å²) in [5, 5.41) is 4.00. The lowest BCUT2D eigenvalue weighted by atomic mass is 9.99. The SMILES string of the molecule is O=C(c1ccccn1)N1CC(c2nc(CCOCC3CC3)no2)C1. The lowest BCUT2D eigenvalue weighted by molar-refractivity contribution is 0.0563. The average Bonchev–Trinajstić information content (AvgIpc) is 3.29. The Labute approximate surface area is 140 Å². The van der Waals surface area contributed by atoms with Crippen LogP contribution in [0.3, 0.4) is 0 Å². The van der Waals surface area contributed by atoms with Gasteiger partial charge in [-0.25, -0.2) is 0 Å². The average molecular weight is 328 g/mol. The molecule has 1 saturated carbocycles. The van der Waals surface area contributed by atoms with E-state index in [1.54, 1.807) is 23.2 Å². The first-order chi connectivity index (χ1) is 11.8. The van der Waals surface area contributed by atoms with Gasteiger partial charge in [0.25, 0.3) is 5.91 Å². The Morgan fingerprint density at radius 3 is 2.96 bits per heavy atom. The van der Waals surface area contributed by atoms with Crippen molar-refractivity contribution in [3.8, 4) is 0 Å². The molecule has 1 amide bonds. The fourth-order valence-electron chi connectivity index (χ4n) is 2.68. The fraction of sp³-hybridized carbons (Fsp3) is 0.529. The summed E-state index contributed by atoms with van der Waals surface area (Å²) >= 11 is 0. The topological polar surface area (TPSA) is 81.4 Å². The Hall–Kier alpha value is -2.28. The van der Waals surface area contributed by atoms with Crippen LogP contribution in [0.1, 0.15) is 41.0 Å². The molecular weight excluding hydrogens is 308 g/mol. The van der Waals surface area contributed by atoms with Gasteiger partial charge in [0.15, 0.2) is 5.82 Å². The zero-order valence-corrected chi connectivity index (χ0v) is 13.4. The van der Waals surface area contributed by atoms with Crippen LogP contribution in [-0.2, 0) is 11.2 Å². The summed E-state index contributed by atoms with van der Waals surface area (Å²) in [6, 6.07) is 5.33. The van der Waals surface area contributed by atoms with E-state index in [1.807, 2.05) is 6.07 Å². The number of aromatic nitrogens is 3. The van der Waals surface area contributed by atoms with Gasteiger partial charge in [0, 0.05) is 32.3 Å². The molecule has 4 rings (SSSR count). The molecule has 2 aromatic heterocycles. The summed E-state index contributed by atoms with van der Waals surface area (Å²) in [7, 11) is 0. The number of likely N-dealkylation sites (tertiary alicyclic amines) is 1. The first-order valence-corrected chi connectivity index (χ1v) is 8.40. The van der Waals surface area contributed by atoms with Crippen molar-refractivity contribution in [1.29, 1.82) is 0 Å². The van der Waals surface area contributed by atoms with E-state index in [0.29, 0.717) is 43.5 Å². The van der Waals surface area contributed by atoms with Crippen LogP contribution < -0.4 is 0 Å². The number of hydrogen-bond donors (Lipinski definition) is 0. The number of ether oxygens (including phenoxy) is 1. The third-order valence-electron chi connectivity index (χ3n) is 4.41. The van der Waals surface area contributed by atoms with Crippen molar-refractivity contribution in [2.24, 2.45) is 5.92 Å². The normalized spacial score (nSPS) is 17.8. The minimum absolute atomic E-state index is 0.0555. The third kappa shape index (κ3) is 3.46. The highest BCUT2D eigenvalue weighted by Gasteiger charge is 2.36. The third-order valence-corrected chi connectivity index (χ3v) is 4.41. The molecule has 1 aliphatic carbocycles. The van der Waals surface area contributed by atoms with E-state index >= 15 is 0 Å². The molecule has 0 aromatic carbocycles. The van der Waals surface area contributed by atoms with Gasteiger partial charge >= 0.3 is 0 Å². The van der Waals surface area contributed by atoms with Crippen molar-refractivity contribution in [2.75, 3.05) is 26.3 Å². The Balaban J connectivity index is 1.24. The standard InChI is InChI=1S/C17H20N4O3/c22-17(14-3-1-2-7-18-14)21-9-13(10-21)16-19-15(20-24-16)6-8-23-11-12-4-5-12/h1-3,7,12-13H,4-6,8-11H2. The van der Waals surface area contributed by atoms with Gasteiger partial charge in [-0.3, -0.25) is 9.78 Å². The minimum Gasteiger partial charge on any atom is -0.381 e. The molecule has 0 unspecified atom stereocenters. The molecule has 0 radical (unpaired) electrons. The molecule has 0 atom stereocenters. The quantitative estimate of drug-likeness (QED) is 0.719. The Bertz CT molecular complexity index is 693. The molecule has 2 aromatic rings. The number of rotatable bonds is 7. The van der Waals surface area contributed by atoms with Crippen LogP contribution in [-0.4, -0.2) is 52.2 Å². The lowest BCUT2D eigenvalue weighted by Crippen LogP contribution is -2.48. The van der Waals surface area contributed by atoms with Gasteiger partial charge in [-0.15, -0.1) is 0 Å². The summed E-state index contributed by atoms with van der Waals surface area (Å²) in [5.41, 5.74) is 0.468. The predicted molar refractivity (Wildman–Crippen MR) is 84.4 cm³/mol. The van der Waals surface area contributed by atoms with Crippen LogP contribution in [0.4, 0.5) is 0 Å². The summed E-state index contributed by atoms with van der Waals surface area (Å²) < 4.78 is 10.9. The summed E-state index contributed by atoms with van der Waals surface area (Å²) in [6.07, 6.45) is 4.88. The van der Waals surface area contributed by atoms with Crippen LogP contribution >= 0.6 is 0 Å². The van der Waals surface area contributed by atoms with Crippen molar-refractivity contribution in [3.63, 3.8) is 0 Å². The molecule has 1 saturated heterocycles. The van der Waals surface area contributed by atoms with Gasteiger partial charge in [-0.05, 0) is 30.9 Å². The van der Waals surface area contributed by atoms with Crippen LogP contribution in [0.15, 0.2) is 28.9 Å². The predicted octanol–water partition coefficient (Wildman–Crippen LogP) is 1.67. The van der Waals surface area contributed by atoms with Gasteiger partial charge in [0.05, 0.1) is 12.5 Å². The first-order valence-electron chi connectivity index (χ1n) is 8.40. The Morgan fingerprint density at radius 1 is 1.33 bits per heavy atom. The van der Waals surface area contributed by atoms with Gasteiger partial charge in [-0.2, -0.15) is 4.98 Å². The number of carbonyl (C=O) groups is 1. The zero-order chi connectivity index (χ0) is 16.4. The largest absolute Gasteiger partial charge is 0.381 e. The maximum atomic E-state index is 12.2. The molecule has 2 aliphatic rings. The maximum Gasteiger partial charge on any atom is 0.272 e. The number of amides is 1. The second-order valence-corrected chi connectivity index (χ2v) is 6.44. The second-order valence-electron chi connectivity index (χ2n) is 6.44. The fourth-order valence-corrected chi connectivity index (χ4v) is 2.68. The van der Waals surface area contributed by atoms with E-state index in [9.17, 15) is 4.79 Å². The van der Waals surface area contributed by atoms with Crippen molar-refractivity contribution in [2.45, 2.75) is 25.2 Å². The summed E-state index contributed by atoms with van der Waals surface area (Å²) in [4.78, 5) is 22.5. The van der Waals surface area contributed by atoms with E-state index < -0.39 is 0 Å². The highest BCUT2D eigenvalue weighted by Crippen LogP contribution is 2.29. The first kappa shape index (κ1) is 15.3. The Kier molecular flexibility index (Phi) is 4.25. The lowest BCUT2D eigenvalue weighted by Gasteiger charge is -2.36. The van der Waals surface area contributed by atoms with Crippen molar-refractivity contribution in [3.05, 3.63) is 41.8 Å². The highest BCUT2D eigenvalue weighted by atomic mass is 16.5.